The molecule has 0 atom stereocenters. The van der Waals surface area contributed by atoms with Gasteiger partial charge in [-0.1, -0.05) is 22.0 Å². The Labute approximate surface area is 114 Å². The highest BCUT2D eigenvalue weighted by molar-refractivity contribution is 9.09. The summed E-state index contributed by atoms with van der Waals surface area (Å²) in [6.45, 7) is 0.592. The highest BCUT2D eigenvalue weighted by Crippen LogP contribution is 2.34. The van der Waals surface area contributed by atoms with Crippen LogP contribution in [0.1, 0.15) is 23.2 Å². The fourth-order valence-electron chi connectivity index (χ4n) is 2.19. The Kier molecular flexibility index (Phi) is 3.90. The maximum absolute atomic E-state index is 13.5. The van der Waals surface area contributed by atoms with Gasteiger partial charge in [-0.2, -0.15) is 0 Å². The molecule has 1 aromatic rings. The summed E-state index contributed by atoms with van der Waals surface area (Å²) in [7, 11) is 1.63. The molecule has 0 aromatic heterocycles. The van der Waals surface area contributed by atoms with E-state index < -0.39 is 11.7 Å². The highest BCUT2D eigenvalue weighted by Gasteiger charge is 2.30. The molecule has 0 unspecified atom stereocenters. The van der Waals surface area contributed by atoms with Crippen LogP contribution in [-0.2, 0) is 0 Å². The summed E-state index contributed by atoms with van der Waals surface area (Å²) in [4.78, 5) is 14.1. The van der Waals surface area contributed by atoms with Crippen LogP contribution in [-0.4, -0.2) is 34.3 Å². The first-order chi connectivity index (χ1) is 8.49. The number of rotatable bonds is 3. The summed E-state index contributed by atoms with van der Waals surface area (Å²) in [6.07, 6.45) is 2.06. The summed E-state index contributed by atoms with van der Waals surface area (Å²) in [5.41, 5.74) is -0.241. The molecule has 1 N–H and O–H groups in total. The smallest absolute Gasteiger partial charge is 0.260 e. The van der Waals surface area contributed by atoms with Crippen molar-refractivity contribution in [3.05, 3.63) is 29.6 Å². The third kappa shape index (κ3) is 2.66. The molecule has 1 amide bonds. The molecule has 98 valence electrons. The molecule has 5 heteroatoms. The minimum atomic E-state index is -0.682. The van der Waals surface area contributed by atoms with Gasteiger partial charge in [-0.3, -0.25) is 4.79 Å². The van der Waals surface area contributed by atoms with Crippen LogP contribution in [0.2, 0.25) is 0 Å². The second kappa shape index (κ2) is 5.26. The number of halogens is 2. The molecular weight excluding hydrogens is 301 g/mol. The number of nitrogens with zero attached hydrogens (tertiary/aromatic N) is 1. The fraction of sp³-hybridized carbons (Fsp3) is 0.462. The lowest BCUT2D eigenvalue weighted by molar-refractivity contribution is 0.0741. The molecule has 0 aliphatic heterocycles. The van der Waals surface area contributed by atoms with E-state index in [0.29, 0.717) is 17.3 Å². The number of hydrogen-bond donors (Lipinski definition) is 1. The SMILES string of the molecule is CN(CC1CC(Br)C1)C(=O)c1c(O)cccc1F. The van der Waals surface area contributed by atoms with Gasteiger partial charge in [-0.25, -0.2) is 4.39 Å². The standard InChI is InChI=1S/C13H15BrFNO2/c1-16(7-8-5-9(14)6-8)13(18)12-10(15)3-2-4-11(12)17/h2-4,8-9,17H,5-7H2,1H3. The van der Waals surface area contributed by atoms with Crippen molar-refractivity contribution in [2.24, 2.45) is 5.92 Å². The van der Waals surface area contributed by atoms with Crippen LogP contribution in [0.15, 0.2) is 18.2 Å². The van der Waals surface area contributed by atoms with Crippen molar-refractivity contribution in [3.63, 3.8) is 0 Å². The molecule has 0 bridgehead atoms. The summed E-state index contributed by atoms with van der Waals surface area (Å²) in [5, 5.41) is 9.56. The number of amides is 1. The highest BCUT2D eigenvalue weighted by atomic mass is 79.9. The van der Waals surface area contributed by atoms with E-state index in [4.69, 9.17) is 0 Å². The second-order valence-corrected chi connectivity index (χ2v) is 6.05. The lowest BCUT2D eigenvalue weighted by Gasteiger charge is -2.34. The third-order valence-corrected chi connectivity index (χ3v) is 4.01. The first-order valence-corrected chi connectivity index (χ1v) is 6.77. The summed E-state index contributed by atoms with van der Waals surface area (Å²) >= 11 is 3.49. The summed E-state index contributed by atoms with van der Waals surface area (Å²) in [6, 6.07) is 3.88. The molecule has 1 saturated carbocycles. The number of aromatic hydroxyl groups is 1. The first-order valence-electron chi connectivity index (χ1n) is 5.86. The Hall–Kier alpha value is -1.10. The van der Waals surface area contributed by atoms with Crippen molar-refractivity contribution in [1.29, 1.82) is 0 Å². The quantitative estimate of drug-likeness (QED) is 0.871. The average Bonchev–Trinajstić information content (AvgIpc) is 2.26. The monoisotopic (exact) mass is 315 g/mol. The molecule has 1 fully saturated rings. The van der Waals surface area contributed by atoms with Crippen molar-refractivity contribution in [2.45, 2.75) is 17.7 Å². The van der Waals surface area contributed by atoms with Crippen LogP contribution in [0.5, 0.6) is 5.75 Å². The molecule has 1 aliphatic rings. The molecular formula is C13H15BrFNO2. The maximum atomic E-state index is 13.5. The lowest BCUT2D eigenvalue weighted by atomic mass is 9.85. The van der Waals surface area contributed by atoms with E-state index in [1.165, 1.54) is 23.1 Å². The van der Waals surface area contributed by atoms with Crippen molar-refractivity contribution in [1.82, 2.24) is 4.90 Å². The van der Waals surface area contributed by atoms with E-state index in [1.54, 1.807) is 7.05 Å². The van der Waals surface area contributed by atoms with Gasteiger partial charge < -0.3 is 10.0 Å². The normalized spacial score (nSPS) is 22.4. The minimum absolute atomic E-state index is 0.241. The topological polar surface area (TPSA) is 40.5 Å². The van der Waals surface area contributed by atoms with Gasteiger partial charge in [0.15, 0.2) is 0 Å². The molecule has 1 aromatic carbocycles. The number of carbonyl (C=O) groups excluding carboxylic acids is 1. The number of phenols is 1. The van der Waals surface area contributed by atoms with E-state index in [2.05, 4.69) is 15.9 Å². The van der Waals surface area contributed by atoms with Gasteiger partial charge in [-0.15, -0.1) is 0 Å². The fourth-order valence-corrected chi connectivity index (χ4v) is 3.25. The minimum Gasteiger partial charge on any atom is -0.507 e. The van der Waals surface area contributed by atoms with Gasteiger partial charge in [0.05, 0.1) is 0 Å². The second-order valence-electron chi connectivity index (χ2n) is 4.75. The van der Waals surface area contributed by atoms with Crippen molar-refractivity contribution in [3.8, 4) is 5.75 Å². The van der Waals surface area contributed by atoms with Crippen molar-refractivity contribution >= 4 is 21.8 Å². The Morgan fingerprint density at radius 1 is 1.56 bits per heavy atom. The molecule has 0 heterocycles. The van der Waals surface area contributed by atoms with E-state index >= 15 is 0 Å². The van der Waals surface area contributed by atoms with Gasteiger partial charge in [0.1, 0.15) is 17.1 Å². The van der Waals surface area contributed by atoms with Gasteiger partial charge in [0, 0.05) is 18.4 Å². The van der Waals surface area contributed by atoms with Crippen LogP contribution in [0.25, 0.3) is 0 Å². The molecule has 1 aliphatic carbocycles. The van der Waals surface area contributed by atoms with Crippen molar-refractivity contribution < 1.29 is 14.3 Å². The van der Waals surface area contributed by atoms with E-state index in [9.17, 15) is 14.3 Å². The summed E-state index contributed by atoms with van der Waals surface area (Å²) in [5.74, 6) is -1.00. The molecule has 2 rings (SSSR count). The number of benzene rings is 1. The van der Waals surface area contributed by atoms with Crippen LogP contribution in [0.3, 0.4) is 0 Å². The van der Waals surface area contributed by atoms with Crippen LogP contribution in [0.4, 0.5) is 4.39 Å². The number of hydrogen-bond acceptors (Lipinski definition) is 2. The maximum Gasteiger partial charge on any atom is 0.260 e. The van der Waals surface area contributed by atoms with Crippen LogP contribution >= 0.6 is 15.9 Å². The van der Waals surface area contributed by atoms with Gasteiger partial charge in [-0.05, 0) is 30.9 Å². The Bertz CT molecular complexity index is 440. The lowest BCUT2D eigenvalue weighted by Crippen LogP contribution is -2.38. The number of phenolic OH excluding ortho intramolecular Hbond substituents is 1. The van der Waals surface area contributed by atoms with Crippen LogP contribution in [0, 0.1) is 11.7 Å². The zero-order chi connectivity index (χ0) is 13.3. The predicted octanol–water partition coefficient (Wildman–Crippen LogP) is 2.78. The molecule has 18 heavy (non-hydrogen) atoms. The Balaban J connectivity index is 2.06. The average molecular weight is 316 g/mol. The largest absolute Gasteiger partial charge is 0.507 e. The predicted molar refractivity (Wildman–Crippen MR) is 70.5 cm³/mol. The number of alkyl halides is 1. The molecule has 3 nitrogen and oxygen atoms in total. The number of carbonyl (C=O) groups is 1. The van der Waals surface area contributed by atoms with E-state index in [0.717, 1.165) is 12.8 Å². The summed E-state index contributed by atoms with van der Waals surface area (Å²) < 4.78 is 13.5. The Morgan fingerprint density at radius 3 is 2.78 bits per heavy atom. The van der Waals surface area contributed by atoms with Gasteiger partial charge >= 0.3 is 0 Å². The molecule has 0 radical (unpaired) electrons. The zero-order valence-electron chi connectivity index (χ0n) is 10.1. The molecule has 0 saturated heterocycles. The zero-order valence-corrected chi connectivity index (χ0v) is 11.7. The van der Waals surface area contributed by atoms with Crippen LogP contribution < -0.4 is 0 Å². The van der Waals surface area contributed by atoms with Crippen molar-refractivity contribution in [2.75, 3.05) is 13.6 Å². The third-order valence-electron chi connectivity index (χ3n) is 3.26. The first kappa shape index (κ1) is 13.3. The Morgan fingerprint density at radius 2 is 2.22 bits per heavy atom. The van der Waals surface area contributed by atoms with Gasteiger partial charge in [0.25, 0.3) is 5.91 Å². The van der Waals surface area contributed by atoms with E-state index in [1.807, 2.05) is 0 Å². The van der Waals surface area contributed by atoms with E-state index in [-0.39, 0.29) is 11.3 Å². The van der Waals surface area contributed by atoms with Gasteiger partial charge in [0.2, 0.25) is 0 Å². The molecule has 0 spiro atoms.